The van der Waals surface area contributed by atoms with Crippen LogP contribution in [0.3, 0.4) is 0 Å². The Bertz CT molecular complexity index is 231. The lowest BCUT2D eigenvalue weighted by Gasteiger charge is -2.22. The van der Waals surface area contributed by atoms with Crippen molar-refractivity contribution in [3.05, 3.63) is 0 Å². The second-order valence-corrected chi connectivity index (χ2v) is 5.24. The number of rotatable bonds is 8. The van der Waals surface area contributed by atoms with Gasteiger partial charge in [0.15, 0.2) is 5.66 Å². The summed E-state index contributed by atoms with van der Waals surface area (Å²) >= 11 is 0. The van der Waals surface area contributed by atoms with E-state index < -0.39 is 19.2 Å². The molecule has 6 heteroatoms. The molecule has 0 bridgehead atoms. The maximum atomic E-state index is 12.1. The maximum Gasteiger partial charge on any atom is 0.344 e. The van der Waals surface area contributed by atoms with Crippen molar-refractivity contribution in [1.29, 1.82) is 0 Å². The van der Waals surface area contributed by atoms with Crippen molar-refractivity contribution in [2.24, 2.45) is 0 Å². The van der Waals surface area contributed by atoms with E-state index in [2.05, 4.69) is 0 Å². The lowest BCUT2D eigenvalue weighted by Crippen LogP contribution is -2.23. The largest absolute Gasteiger partial charge is 0.481 e. The number of aliphatic carboxylic acids is 1. The number of hydrogen-bond donors (Lipinski definition) is 1. The predicted molar refractivity (Wildman–Crippen MR) is 57.2 cm³/mol. The van der Waals surface area contributed by atoms with Gasteiger partial charge in [0.2, 0.25) is 0 Å². The van der Waals surface area contributed by atoms with E-state index in [0.717, 1.165) is 0 Å². The van der Waals surface area contributed by atoms with Gasteiger partial charge in [-0.25, -0.2) is 0 Å². The van der Waals surface area contributed by atoms with Crippen molar-refractivity contribution < 1.29 is 23.5 Å². The highest BCUT2D eigenvalue weighted by Gasteiger charge is 2.40. The molecule has 0 aliphatic heterocycles. The summed E-state index contributed by atoms with van der Waals surface area (Å²) in [5, 5.41) is 8.96. The zero-order valence-electron chi connectivity index (χ0n) is 9.43. The van der Waals surface area contributed by atoms with Crippen LogP contribution >= 0.6 is 7.60 Å². The number of hydrogen-bond acceptors (Lipinski definition) is 4. The lowest BCUT2D eigenvalue weighted by atomic mass is 10.2. The number of carbonyl (C=O) groups is 1. The van der Waals surface area contributed by atoms with Crippen molar-refractivity contribution in [3.8, 4) is 0 Å². The summed E-state index contributed by atoms with van der Waals surface area (Å²) in [5.74, 6) is -1.12. The van der Waals surface area contributed by atoms with Crippen LogP contribution in [-0.4, -0.2) is 29.9 Å². The van der Waals surface area contributed by atoms with Gasteiger partial charge in [-0.05, 0) is 20.3 Å². The van der Waals surface area contributed by atoms with Gasteiger partial charge in [-0.15, -0.1) is 0 Å². The zero-order chi connectivity index (χ0) is 11.9. The molecule has 0 spiro atoms. The minimum Gasteiger partial charge on any atom is -0.481 e. The molecule has 0 saturated heterocycles. The van der Waals surface area contributed by atoms with Gasteiger partial charge in [-0.3, -0.25) is 9.36 Å². The SMILES string of the molecule is CCCC(C(=O)O)P(=O)(OCC)OCC. The van der Waals surface area contributed by atoms with Crippen molar-refractivity contribution in [2.45, 2.75) is 39.3 Å². The second kappa shape index (κ2) is 6.99. The Balaban J connectivity index is 4.81. The van der Waals surface area contributed by atoms with Crippen LogP contribution in [0.2, 0.25) is 0 Å². The summed E-state index contributed by atoms with van der Waals surface area (Å²) in [6.07, 6.45) is 0.924. The molecule has 1 N–H and O–H groups in total. The van der Waals surface area contributed by atoms with E-state index in [1.54, 1.807) is 13.8 Å². The molecule has 0 aliphatic carbocycles. The summed E-state index contributed by atoms with van der Waals surface area (Å²) in [6, 6.07) is 0. The minimum absolute atomic E-state index is 0.185. The number of carboxylic acid groups (broad SMARTS) is 1. The quantitative estimate of drug-likeness (QED) is 0.658. The molecule has 0 amide bonds. The molecule has 1 unspecified atom stereocenters. The third kappa shape index (κ3) is 4.33. The van der Waals surface area contributed by atoms with Crippen LogP contribution in [0, 0.1) is 0 Å². The third-order valence-electron chi connectivity index (χ3n) is 1.85. The fourth-order valence-corrected chi connectivity index (χ4v) is 3.27. The molecule has 0 aromatic rings. The fourth-order valence-electron chi connectivity index (χ4n) is 1.27. The van der Waals surface area contributed by atoms with E-state index in [4.69, 9.17) is 14.2 Å². The van der Waals surface area contributed by atoms with Crippen molar-refractivity contribution in [3.63, 3.8) is 0 Å². The van der Waals surface area contributed by atoms with Gasteiger partial charge in [0, 0.05) is 0 Å². The molecule has 0 saturated carbocycles. The van der Waals surface area contributed by atoms with Gasteiger partial charge in [0.25, 0.3) is 0 Å². The molecule has 0 fully saturated rings. The van der Waals surface area contributed by atoms with Crippen LogP contribution < -0.4 is 0 Å². The Kier molecular flexibility index (Phi) is 6.81. The van der Waals surface area contributed by atoms with Crippen LogP contribution in [0.1, 0.15) is 33.6 Å². The molecule has 0 radical (unpaired) electrons. The van der Waals surface area contributed by atoms with Crippen LogP contribution in [-0.2, 0) is 18.4 Å². The fraction of sp³-hybridized carbons (Fsp3) is 0.889. The Hall–Kier alpha value is -0.380. The second-order valence-electron chi connectivity index (χ2n) is 3.02. The van der Waals surface area contributed by atoms with E-state index in [1.165, 1.54) is 0 Å². The highest BCUT2D eigenvalue weighted by Crippen LogP contribution is 2.54. The molecular formula is C9H19O5P. The summed E-state index contributed by atoms with van der Waals surface area (Å²) in [6.45, 7) is 5.53. The summed E-state index contributed by atoms with van der Waals surface area (Å²) in [4.78, 5) is 11.0. The zero-order valence-corrected chi connectivity index (χ0v) is 10.3. The van der Waals surface area contributed by atoms with E-state index in [9.17, 15) is 9.36 Å². The summed E-state index contributed by atoms with van der Waals surface area (Å²) in [5.41, 5.74) is -1.05. The Morgan fingerprint density at radius 1 is 1.27 bits per heavy atom. The van der Waals surface area contributed by atoms with E-state index in [0.29, 0.717) is 12.8 Å². The molecule has 0 aliphatic rings. The molecule has 5 nitrogen and oxygen atoms in total. The van der Waals surface area contributed by atoms with E-state index in [-0.39, 0.29) is 13.2 Å². The third-order valence-corrected chi connectivity index (χ3v) is 4.33. The normalized spacial score (nSPS) is 13.8. The first kappa shape index (κ1) is 14.6. The summed E-state index contributed by atoms with van der Waals surface area (Å²) < 4.78 is 22.1. The molecule has 0 aromatic heterocycles. The van der Waals surface area contributed by atoms with Crippen LogP contribution in [0.25, 0.3) is 0 Å². The monoisotopic (exact) mass is 238 g/mol. The minimum atomic E-state index is -3.50. The Morgan fingerprint density at radius 2 is 1.73 bits per heavy atom. The van der Waals surface area contributed by atoms with Gasteiger partial charge < -0.3 is 14.2 Å². The molecule has 90 valence electrons. The Morgan fingerprint density at radius 3 is 2.00 bits per heavy atom. The van der Waals surface area contributed by atoms with Crippen LogP contribution in [0.4, 0.5) is 0 Å². The average Bonchev–Trinajstić information content (AvgIpc) is 2.14. The highest BCUT2D eigenvalue weighted by molar-refractivity contribution is 7.55. The predicted octanol–water partition coefficient (Wildman–Crippen LogP) is 2.51. The molecular weight excluding hydrogens is 219 g/mol. The molecule has 1 atom stereocenters. The van der Waals surface area contributed by atoms with Crippen molar-refractivity contribution >= 4 is 13.6 Å². The average molecular weight is 238 g/mol. The van der Waals surface area contributed by atoms with Gasteiger partial charge in [0.05, 0.1) is 13.2 Å². The first-order valence-corrected chi connectivity index (χ1v) is 6.74. The maximum absolute atomic E-state index is 12.1. The number of carboxylic acids is 1. The standard InChI is InChI=1S/C9H19O5P/c1-4-7-8(9(10)11)15(12,13-5-2)14-6-3/h8H,4-7H2,1-3H3,(H,10,11). The van der Waals surface area contributed by atoms with Crippen LogP contribution in [0.5, 0.6) is 0 Å². The van der Waals surface area contributed by atoms with Gasteiger partial charge >= 0.3 is 13.6 Å². The molecule has 15 heavy (non-hydrogen) atoms. The van der Waals surface area contributed by atoms with Crippen molar-refractivity contribution in [1.82, 2.24) is 0 Å². The van der Waals surface area contributed by atoms with Crippen LogP contribution in [0.15, 0.2) is 0 Å². The molecule has 0 aromatic carbocycles. The smallest absolute Gasteiger partial charge is 0.344 e. The molecule has 0 rings (SSSR count). The molecule has 0 heterocycles. The summed E-state index contributed by atoms with van der Waals surface area (Å²) in [7, 11) is -3.50. The lowest BCUT2D eigenvalue weighted by molar-refractivity contribution is -0.137. The van der Waals surface area contributed by atoms with E-state index >= 15 is 0 Å². The van der Waals surface area contributed by atoms with Gasteiger partial charge in [-0.1, -0.05) is 13.3 Å². The Labute approximate surface area is 90.3 Å². The topological polar surface area (TPSA) is 72.8 Å². The van der Waals surface area contributed by atoms with E-state index in [1.807, 2.05) is 6.92 Å². The first-order chi connectivity index (χ1) is 7.01. The van der Waals surface area contributed by atoms with Crippen molar-refractivity contribution in [2.75, 3.05) is 13.2 Å². The highest BCUT2D eigenvalue weighted by atomic mass is 31.2. The first-order valence-electron chi connectivity index (χ1n) is 5.13. The van der Waals surface area contributed by atoms with Gasteiger partial charge in [0.1, 0.15) is 0 Å². The van der Waals surface area contributed by atoms with Gasteiger partial charge in [-0.2, -0.15) is 0 Å².